The summed E-state index contributed by atoms with van der Waals surface area (Å²) in [6.45, 7) is 10.2. The summed E-state index contributed by atoms with van der Waals surface area (Å²) in [6, 6.07) is 2.04. The minimum Gasteiger partial charge on any atom is -0.399 e. The van der Waals surface area contributed by atoms with Gasteiger partial charge in [-0.05, 0) is 56.1 Å². The largest absolute Gasteiger partial charge is 0.496 e. The van der Waals surface area contributed by atoms with Gasteiger partial charge in [0.1, 0.15) is 4.60 Å². The van der Waals surface area contributed by atoms with Crippen LogP contribution >= 0.6 is 15.9 Å². The summed E-state index contributed by atoms with van der Waals surface area (Å²) in [5.74, 6) is 0. The van der Waals surface area contributed by atoms with E-state index in [9.17, 15) is 0 Å². The van der Waals surface area contributed by atoms with Crippen molar-refractivity contribution in [3.8, 4) is 0 Å². The van der Waals surface area contributed by atoms with Crippen molar-refractivity contribution in [2.75, 3.05) is 0 Å². The van der Waals surface area contributed by atoms with E-state index in [0.29, 0.717) is 0 Å². The van der Waals surface area contributed by atoms with E-state index in [2.05, 4.69) is 20.9 Å². The molecule has 17 heavy (non-hydrogen) atoms. The van der Waals surface area contributed by atoms with Gasteiger partial charge in [-0.1, -0.05) is 6.07 Å². The fourth-order valence-electron chi connectivity index (χ4n) is 1.69. The predicted molar refractivity (Wildman–Crippen MR) is 72.4 cm³/mol. The van der Waals surface area contributed by atoms with Crippen LogP contribution in [0.2, 0.25) is 0 Å². The maximum absolute atomic E-state index is 5.97. The lowest BCUT2D eigenvalue weighted by Crippen LogP contribution is -2.41. The fraction of sp³-hybridized carbons (Fsp3) is 0.583. The maximum Gasteiger partial charge on any atom is 0.496 e. The van der Waals surface area contributed by atoms with Crippen molar-refractivity contribution in [1.82, 2.24) is 4.98 Å². The number of pyridine rings is 1. The zero-order chi connectivity index (χ0) is 12.8. The summed E-state index contributed by atoms with van der Waals surface area (Å²) in [5.41, 5.74) is 1.43. The van der Waals surface area contributed by atoms with Crippen LogP contribution < -0.4 is 5.46 Å². The van der Waals surface area contributed by atoms with Crippen LogP contribution in [0.1, 0.15) is 33.3 Å². The highest BCUT2D eigenvalue weighted by molar-refractivity contribution is 9.10. The summed E-state index contributed by atoms with van der Waals surface area (Å²) >= 11 is 3.39. The average molecular weight is 298 g/mol. The van der Waals surface area contributed by atoms with E-state index < -0.39 is 0 Å². The third-order valence-electron chi connectivity index (χ3n) is 3.56. The number of nitrogens with zero attached hydrogens (tertiary/aromatic N) is 1. The SMILES string of the molecule is Cc1cc(B2OC(C)(C)C(C)(C)O2)cnc1Br. The van der Waals surface area contributed by atoms with E-state index in [1.54, 1.807) is 6.20 Å². The van der Waals surface area contributed by atoms with Gasteiger partial charge in [0.15, 0.2) is 0 Å². The van der Waals surface area contributed by atoms with Crippen LogP contribution in [0, 0.1) is 6.92 Å². The molecule has 1 aliphatic rings. The average Bonchev–Trinajstić information content (AvgIpc) is 2.41. The molecule has 2 rings (SSSR count). The molecule has 1 aromatic rings. The molecule has 0 N–H and O–H groups in total. The second-order valence-corrected chi connectivity index (χ2v) is 6.22. The molecule has 0 aromatic carbocycles. The minimum atomic E-state index is -0.334. The molecule has 1 saturated heterocycles. The second-order valence-electron chi connectivity index (χ2n) is 5.46. The van der Waals surface area contributed by atoms with Gasteiger partial charge >= 0.3 is 7.12 Å². The molecule has 0 amide bonds. The topological polar surface area (TPSA) is 31.4 Å². The number of aromatic nitrogens is 1. The normalized spacial score (nSPS) is 21.9. The molecule has 2 heterocycles. The lowest BCUT2D eigenvalue weighted by atomic mass is 9.80. The molecule has 0 saturated carbocycles. The van der Waals surface area contributed by atoms with Crippen molar-refractivity contribution < 1.29 is 9.31 Å². The summed E-state index contributed by atoms with van der Waals surface area (Å²) in [5, 5.41) is 0. The molecule has 0 aliphatic carbocycles. The van der Waals surface area contributed by atoms with Gasteiger partial charge in [-0.15, -0.1) is 0 Å². The van der Waals surface area contributed by atoms with Crippen LogP contribution in [0.15, 0.2) is 16.9 Å². The number of hydrogen-bond donors (Lipinski definition) is 0. The predicted octanol–water partition coefficient (Wildman–Crippen LogP) is 2.45. The standard InChI is InChI=1S/C12H17BBrNO2/c1-8-6-9(7-15-10(8)14)13-16-11(2,3)12(4,5)17-13/h6-7H,1-5H3. The Morgan fingerprint density at radius 1 is 1.18 bits per heavy atom. The Morgan fingerprint density at radius 2 is 1.71 bits per heavy atom. The molecule has 0 atom stereocenters. The van der Waals surface area contributed by atoms with Crippen LogP contribution in [0.25, 0.3) is 0 Å². The molecule has 92 valence electrons. The van der Waals surface area contributed by atoms with Crippen LogP contribution in [0.4, 0.5) is 0 Å². The lowest BCUT2D eigenvalue weighted by molar-refractivity contribution is 0.00578. The molecule has 0 spiro atoms. The third kappa shape index (κ3) is 2.28. The Kier molecular flexibility index (Phi) is 3.13. The smallest absolute Gasteiger partial charge is 0.399 e. The highest BCUT2D eigenvalue weighted by Crippen LogP contribution is 2.36. The molecule has 0 unspecified atom stereocenters. The Labute approximate surface area is 111 Å². The monoisotopic (exact) mass is 297 g/mol. The van der Waals surface area contributed by atoms with Gasteiger partial charge in [-0.2, -0.15) is 0 Å². The molecule has 0 radical (unpaired) electrons. The first-order chi connectivity index (χ1) is 7.73. The summed E-state index contributed by atoms with van der Waals surface area (Å²) in [7, 11) is -0.334. The molecule has 0 bridgehead atoms. The first-order valence-electron chi connectivity index (χ1n) is 5.71. The zero-order valence-corrected chi connectivity index (χ0v) is 12.5. The summed E-state index contributed by atoms with van der Waals surface area (Å²) in [6.07, 6.45) is 1.79. The van der Waals surface area contributed by atoms with Gasteiger partial charge < -0.3 is 9.31 Å². The Morgan fingerprint density at radius 3 is 2.18 bits per heavy atom. The van der Waals surface area contributed by atoms with Crippen LogP contribution in [-0.2, 0) is 9.31 Å². The van der Waals surface area contributed by atoms with Crippen LogP contribution in [-0.4, -0.2) is 23.3 Å². The molecule has 1 aromatic heterocycles. The van der Waals surface area contributed by atoms with Crippen molar-refractivity contribution in [2.24, 2.45) is 0 Å². The van der Waals surface area contributed by atoms with E-state index >= 15 is 0 Å². The van der Waals surface area contributed by atoms with E-state index in [0.717, 1.165) is 15.6 Å². The third-order valence-corrected chi connectivity index (χ3v) is 4.39. The zero-order valence-electron chi connectivity index (χ0n) is 10.9. The maximum atomic E-state index is 5.97. The van der Waals surface area contributed by atoms with Crippen molar-refractivity contribution in [3.63, 3.8) is 0 Å². The van der Waals surface area contributed by atoms with Crippen molar-refractivity contribution in [3.05, 3.63) is 22.4 Å². The van der Waals surface area contributed by atoms with E-state index in [1.807, 2.05) is 40.7 Å². The van der Waals surface area contributed by atoms with E-state index in [1.165, 1.54) is 0 Å². The van der Waals surface area contributed by atoms with E-state index in [-0.39, 0.29) is 18.3 Å². The van der Waals surface area contributed by atoms with Crippen molar-refractivity contribution in [1.29, 1.82) is 0 Å². The molecule has 5 heteroatoms. The van der Waals surface area contributed by atoms with Crippen molar-refractivity contribution in [2.45, 2.75) is 45.8 Å². The minimum absolute atomic E-state index is 0.307. The Bertz CT molecular complexity index is 432. The highest BCUT2D eigenvalue weighted by atomic mass is 79.9. The first-order valence-corrected chi connectivity index (χ1v) is 6.50. The van der Waals surface area contributed by atoms with Gasteiger partial charge in [-0.3, -0.25) is 0 Å². The first kappa shape index (κ1) is 13.1. The number of hydrogen-bond acceptors (Lipinski definition) is 3. The van der Waals surface area contributed by atoms with Gasteiger partial charge in [0.2, 0.25) is 0 Å². The molecule has 3 nitrogen and oxygen atoms in total. The van der Waals surface area contributed by atoms with Crippen LogP contribution in [0.5, 0.6) is 0 Å². The van der Waals surface area contributed by atoms with Gasteiger partial charge in [-0.25, -0.2) is 4.98 Å². The number of halogens is 1. The molecule has 1 aliphatic heterocycles. The quantitative estimate of drug-likeness (QED) is 0.589. The molecule has 1 fully saturated rings. The highest BCUT2D eigenvalue weighted by Gasteiger charge is 2.51. The second kappa shape index (κ2) is 4.07. The van der Waals surface area contributed by atoms with E-state index in [4.69, 9.17) is 9.31 Å². The van der Waals surface area contributed by atoms with Crippen molar-refractivity contribution >= 4 is 28.5 Å². The summed E-state index contributed by atoms with van der Waals surface area (Å²) in [4.78, 5) is 4.28. The molecular formula is C12H17BBrNO2. The lowest BCUT2D eigenvalue weighted by Gasteiger charge is -2.32. The van der Waals surface area contributed by atoms with Crippen LogP contribution in [0.3, 0.4) is 0 Å². The van der Waals surface area contributed by atoms with Gasteiger partial charge in [0.25, 0.3) is 0 Å². The Balaban J connectivity index is 2.29. The Hall–Kier alpha value is -0.385. The van der Waals surface area contributed by atoms with Gasteiger partial charge in [0, 0.05) is 11.7 Å². The number of rotatable bonds is 1. The fourth-order valence-corrected chi connectivity index (χ4v) is 1.90. The number of aryl methyl sites for hydroxylation is 1. The van der Waals surface area contributed by atoms with Gasteiger partial charge in [0.05, 0.1) is 11.2 Å². The molecular weight excluding hydrogens is 281 g/mol. The summed E-state index contributed by atoms with van der Waals surface area (Å²) < 4.78 is 12.8.